The monoisotopic (exact) mass is 273 g/mol. The lowest BCUT2D eigenvalue weighted by atomic mass is 9.96. The molecule has 0 amide bonds. The van der Waals surface area contributed by atoms with Crippen LogP contribution in [-0.2, 0) is 0 Å². The minimum Gasteiger partial charge on any atom is -0.474 e. The third-order valence-electron chi connectivity index (χ3n) is 5.02. The number of piperazine rings is 1. The predicted molar refractivity (Wildman–Crippen MR) is 79.3 cm³/mol. The maximum absolute atomic E-state index is 5.95. The van der Waals surface area contributed by atoms with Crippen LogP contribution < -0.4 is 9.64 Å². The van der Waals surface area contributed by atoms with E-state index in [1.54, 1.807) is 0 Å². The van der Waals surface area contributed by atoms with Crippen molar-refractivity contribution in [3.05, 3.63) is 18.3 Å². The summed E-state index contributed by atoms with van der Waals surface area (Å²) >= 11 is 0. The Morgan fingerprint density at radius 1 is 1.15 bits per heavy atom. The van der Waals surface area contributed by atoms with Crippen molar-refractivity contribution in [2.45, 2.75) is 50.3 Å². The van der Waals surface area contributed by atoms with E-state index in [0.29, 0.717) is 18.2 Å². The molecule has 4 rings (SSSR count). The first kappa shape index (κ1) is 12.5. The van der Waals surface area contributed by atoms with Crippen molar-refractivity contribution in [3.63, 3.8) is 0 Å². The van der Waals surface area contributed by atoms with Crippen molar-refractivity contribution in [2.24, 2.45) is 0 Å². The molecule has 1 aliphatic carbocycles. The van der Waals surface area contributed by atoms with Gasteiger partial charge in [-0.2, -0.15) is 0 Å². The predicted octanol–water partition coefficient (Wildman–Crippen LogP) is 2.30. The van der Waals surface area contributed by atoms with Crippen LogP contribution >= 0.6 is 0 Å². The summed E-state index contributed by atoms with van der Waals surface area (Å²) in [4.78, 5) is 9.45. The Morgan fingerprint density at radius 3 is 2.55 bits per heavy atom. The third kappa shape index (κ3) is 2.16. The number of fused-ring (bicyclic) bond motifs is 2. The second-order valence-electron chi connectivity index (χ2n) is 6.54. The molecule has 2 bridgehead atoms. The van der Waals surface area contributed by atoms with E-state index in [1.807, 2.05) is 6.20 Å². The SMILES string of the molecule is CN1CC2CCC(C1)N2c1ccnc(OC2CCC2)c1. The molecule has 1 aromatic rings. The molecular weight excluding hydrogens is 250 g/mol. The van der Waals surface area contributed by atoms with E-state index in [9.17, 15) is 0 Å². The summed E-state index contributed by atoms with van der Waals surface area (Å²) in [7, 11) is 2.24. The van der Waals surface area contributed by atoms with Crippen molar-refractivity contribution >= 4 is 5.69 Å². The first-order valence-electron chi connectivity index (χ1n) is 7.89. The van der Waals surface area contributed by atoms with Gasteiger partial charge in [-0.3, -0.25) is 0 Å². The molecule has 0 N–H and O–H groups in total. The number of hydrogen-bond donors (Lipinski definition) is 0. The molecule has 2 atom stereocenters. The highest BCUT2D eigenvalue weighted by Gasteiger charge is 2.38. The van der Waals surface area contributed by atoms with E-state index in [0.717, 1.165) is 5.88 Å². The summed E-state index contributed by atoms with van der Waals surface area (Å²) < 4.78 is 5.95. The Morgan fingerprint density at radius 2 is 1.90 bits per heavy atom. The molecule has 4 nitrogen and oxygen atoms in total. The van der Waals surface area contributed by atoms with Crippen molar-refractivity contribution < 1.29 is 4.74 Å². The number of rotatable bonds is 3. The number of nitrogens with zero attached hydrogens (tertiary/aromatic N) is 3. The van der Waals surface area contributed by atoms with Crippen LogP contribution in [0.25, 0.3) is 0 Å². The fourth-order valence-electron chi connectivity index (χ4n) is 3.82. The van der Waals surface area contributed by atoms with E-state index in [4.69, 9.17) is 4.74 Å². The molecule has 0 aromatic carbocycles. The number of anilines is 1. The normalized spacial score (nSPS) is 30.4. The minimum absolute atomic E-state index is 0.405. The van der Waals surface area contributed by atoms with Gasteiger partial charge in [0.15, 0.2) is 0 Å². The molecule has 4 heteroatoms. The number of likely N-dealkylation sites (N-methyl/N-ethyl adjacent to an activating group) is 1. The summed E-state index contributed by atoms with van der Waals surface area (Å²) in [6.07, 6.45) is 8.61. The van der Waals surface area contributed by atoms with Crippen LogP contribution in [-0.4, -0.2) is 48.2 Å². The summed E-state index contributed by atoms with van der Waals surface area (Å²) in [6.45, 7) is 2.36. The maximum Gasteiger partial charge on any atom is 0.215 e. The van der Waals surface area contributed by atoms with Gasteiger partial charge in [0.2, 0.25) is 5.88 Å². The third-order valence-corrected chi connectivity index (χ3v) is 5.02. The molecule has 108 valence electrons. The quantitative estimate of drug-likeness (QED) is 0.845. The molecule has 1 aromatic heterocycles. The molecular formula is C16H23N3O. The second kappa shape index (κ2) is 4.92. The fourth-order valence-corrected chi connectivity index (χ4v) is 3.82. The van der Waals surface area contributed by atoms with E-state index in [-0.39, 0.29) is 0 Å². The van der Waals surface area contributed by atoms with Gasteiger partial charge in [-0.1, -0.05) is 0 Å². The highest BCUT2D eigenvalue weighted by molar-refractivity contribution is 5.52. The van der Waals surface area contributed by atoms with E-state index in [1.165, 1.54) is 50.9 Å². The lowest BCUT2D eigenvalue weighted by molar-refractivity contribution is 0.114. The van der Waals surface area contributed by atoms with Crippen molar-refractivity contribution in [3.8, 4) is 5.88 Å². The highest BCUT2D eigenvalue weighted by Crippen LogP contribution is 2.35. The van der Waals surface area contributed by atoms with Crippen LogP contribution in [0.4, 0.5) is 5.69 Å². The van der Waals surface area contributed by atoms with Gasteiger partial charge in [-0.15, -0.1) is 0 Å². The maximum atomic E-state index is 5.95. The van der Waals surface area contributed by atoms with Gasteiger partial charge in [0.1, 0.15) is 6.10 Å². The molecule has 2 unspecified atom stereocenters. The number of ether oxygens (including phenoxy) is 1. The lowest BCUT2D eigenvalue weighted by Gasteiger charge is -2.41. The topological polar surface area (TPSA) is 28.6 Å². The molecule has 0 spiro atoms. The molecule has 2 aliphatic heterocycles. The number of aromatic nitrogens is 1. The highest BCUT2D eigenvalue weighted by atomic mass is 16.5. The Hall–Kier alpha value is -1.29. The molecule has 3 heterocycles. The van der Waals surface area contributed by atoms with Crippen molar-refractivity contribution in [1.29, 1.82) is 0 Å². The van der Waals surface area contributed by atoms with Gasteiger partial charge in [0.25, 0.3) is 0 Å². The molecule has 20 heavy (non-hydrogen) atoms. The number of hydrogen-bond acceptors (Lipinski definition) is 4. The van der Waals surface area contributed by atoms with Gasteiger partial charge in [0.05, 0.1) is 0 Å². The second-order valence-corrected chi connectivity index (χ2v) is 6.54. The zero-order chi connectivity index (χ0) is 13.5. The number of likely N-dealkylation sites (tertiary alicyclic amines) is 1. The van der Waals surface area contributed by atoms with Crippen LogP contribution in [0.1, 0.15) is 32.1 Å². The van der Waals surface area contributed by atoms with Gasteiger partial charge >= 0.3 is 0 Å². The standard InChI is InChI=1S/C16H23N3O/c1-18-10-13-5-6-14(11-18)19(13)12-7-8-17-16(9-12)20-15-3-2-4-15/h7-9,13-15H,2-6,10-11H2,1H3. The molecule has 0 radical (unpaired) electrons. The van der Waals surface area contributed by atoms with Gasteiger partial charge < -0.3 is 14.5 Å². The van der Waals surface area contributed by atoms with Crippen LogP contribution in [0.15, 0.2) is 18.3 Å². The molecule has 3 aliphatic rings. The van der Waals surface area contributed by atoms with Gasteiger partial charge in [0, 0.05) is 43.1 Å². The average molecular weight is 273 g/mol. The Labute approximate surface area is 120 Å². The Bertz CT molecular complexity index is 474. The fraction of sp³-hybridized carbons (Fsp3) is 0.688. The van der Waals surface area contributed by atoms with E-state index in [2.05, 4.69) is 34.0 Å². The Balaban J connectivity index is 1.54. The van der Waals surface area contributed by atoms with Crippen LogP contribution in [0.5, 0.6) is 5.88 Å². The first-order chi connectivity index (χ1) is 9.79. The molecule has 3 fully saturated rings. The van der Waals surface area contributed by atoms with Crippen LogP contribution in [0.3, 0.4) is 0 Å². The number of pyridine rings is 1. The summed E-state index contributed by atoms with van der Waals surface area (Å²) in [5.74, 6) is 0.811. The van der Waals surface area contributed by atoms with Gasteiger partial charge in [-0.05, 0) is 45.2 Å². The van der Waals surface area contributed by atoms with Gasteiger partial charge in [-0.25, -0.2) is 4.98 Å². The van der Waals surface area contributed by atoms with E-state index >= 15 is 0 Å². The smallest absolute Gasteiger partial charge is 0.215 e. The zero-order valence-electron chi connectivity index (χ0n) is 12.2. The average Bonchev–Trinajstić information content (AvgIpc) is 2.67. The molecule has 2 saturated heterocycles. The minimum atomic E-state index is 0.405. The van der Waals surface area contributed by atoms with Crippen LogP contribution in [0, 0.1) is 0 Å². The van der Waals surface area contributed by atoms with E-state index < -0.39 is 0 Å². The Kier molecular flexibility index (Phi) is 3.06. The summed E-state index contributed by atoms with van der Waals surface area (Å²) in [6, 6.07) is 5.62. The van der Waals surface area contributed by atoms with Crippen LogP contribution in [0.2, 0.25) is 0 Å². The lowest BCUT2D eigenvalue weighted by Crippen LogP contribution is -2.52. The molecule has 1 saturated carbocycles. The van der Waals surface area contributed by atoms with Crippen molar-refractivity contribution in [1.82, 2.24) is 9.88 Å². The summed E-state index contributed by atoms with van der Waals surface area (Å²) in [5, 5.41) is 0. The summed E-state index contributed by atoms with van der Waals surface area (Å²) in [5.41, 5.74) is 1.30. The van der Waals surface area contributed by atoms with Crippen molar-refractivity contribution in [2.75, 3.05) is 25.0 Å². The largest absolute Gasteiger partial charge is 0.474 e. The zero-order valence-corrected chi connectivity index (χ0v) is 12.2. The first-order valence-corrected chi connectivity index (χ1v) is 7.89.